The Morgan fingerprint density at radius 1 is 1.21 bits per heavy atom. The number of likely N-dealkylation sites (tertiary alicyclic amines) is 1. The Balaban J connectivity index is 2.12. The maximum atomic E-state index is 11.9. The quantitative estimate of drug-likeness (QED) is 0.922. The van der Waals surface area contributed by atoms with Crippen molar-refractivity contribution >= 4 is 11.6 Å². The van der Waals surface area contributed by atoms with Crippen molar-refractivity contribution in [2.24, 2.45) is 5.41 Å². The molecule has 2 aromatic rings. The zero-order valence-corrected chi connectivity index (χ0v) is 15.4. The maximum Gasteiger partial charge on any atom is 0.152 e. The largest absolute Gasteiger partial charge is 0.380 e. The minimum atomic E-state index is -1.16. The van der Waals surface area contributed by atoms with Gasteiger partial charge in [-0.3, -0.25) is 0 Å². The maximum absolute atomic E-state index is 11.9. The van der Waals surface area contributed by atoms with Gasteiger partial charge in [0.15, 0.2) is 5.15 Å². The van der Waals surface area contributed by atoms with Crippen LogP contribution in [0.25, 0.3) is 0 Å². The van der Waals surface area contributed by atoms with E-state index in [0.29, 0.717) is 16.6 Å². The van der Waals surface area contributed by atoms with Gasteiger partial charge in [-0.15, -0.1) is 5.10 Å². The number of nitrogens with zero attached hydrogens (tertiary/aromatic N) is 3. The summed E-state index contributed by atoms with van der Waals surface area (Å²) in [6.45, 7) is 8.04. The lowest BCUT2D eigenvalue weighted by Gasteiger charge is -2.55. The van der Waals surface area contributed by atoms with Crippen LogP contribution in [0.5, 0.6) is 0 Å². The van der Waals surface area contributed by atoms with Crippen molar-refractivity contribution < 1.29 is 5.11 Å². The first-order valence-electron chi connectivity index (χ1n) is 8.26. The van der Waals surface area contributed by atoms with Gasteiger partial charge in [0, 0.05) is 24.1 Å². The Labute approximate surface area is 148 Å². The highest BCUT2D eigenvalue weighted by atomic mass is 35.5. The summed E-state index contributed by atoms with van der Waals surface area (Å²) in [4.78, 5) is 2.20. The summed E-state index contributed by atoms with van der Waals surface area (Å²) in [6.07, 6.45) is 1.62. The van der Waals surface area contributed by atoms with E-state index in [-0.39, 0.29) is 5.41 Å². The summed E-state index contributed by atoms with van der Waals surface area (Å²) >= 11 is 6.05. The Hall–Kier alpha value is -1.49. The van der Waals surface area contributed by atoms with E-state index >= 15 is 0 Å². The van der Waals surface area contributed by atoms with Crippen molar-refractivity contribution in [3.05, 3.63) is 58.4 Å². The van der Waals surface area contributed by atoms with E-state index in [1.165, 1.54) is 5.56 Å². The molecule has 2 heterocycles. The number of rotatable bonds is 4. The molecule has 1 aromatic carbocycles. The SMILES string of the molecule is CC(C)c1ccc(C(O)(c2cnnc(Cl)c2)C2(C)CN(C)C2)cc1. The van der Waals surface area contributed by atoms with Crippen molar-refractivity contribution in [2.45, 2.75) is 32.3 Å². The van der Waals surface area contributed by atoms with Crippen LogP contribution in [0.3, 0.4) is 0 Å². The Bertz CT molecular complexity index is 726. The summed E-state index contributed by atoms with van der Waals surface area (Å²) in [7, 11) is 2.06. The number of hydrogen-bond donors (Lipinski definition) is 1. The molecule has 1 unspecified atom stereocenters. The molecule has 0 saturated carbocycles. The van der Waals surface area contributed by atoms with Crippen LogP contribution in [0, 0.1) is 5.41 Å². The van der Waals surface area contributed by atoms with Crippen molar-refractivity contribution in [1.82, 2.24) is 15.1 Å². The van der Waals surface area contributed by atoms with Crippen LogP contribution in [0.2, 0.25) is 5.15 Å². The summed E-state index contributed by atoms with van der Waals surface area (Å²) in [5.41, 5.74) is 1.34. The lowest BCUT2D eigenvalue weighted by molar-refractivity contribution is -0.127. The molecule has 0 aliphatic carbocycles. The highest BCUT2D eigenvalue weighted by molar-refractivity contribution is 6.29. The second-order valence-corrected chi connectivity index (χ2v) is 7.87. The Morgan fingerprint density at radius 3 is 2.33 bits per heavy atom. The third-order valence-electron chi connectivity index (χ3n) is 5.15. The third kappa shape index (κ3) is 2.73. The van der Waals surface area contributed by atoms with Crippen LogP contribution in [-0.2, 0) is 5.60 Å². The van der Waals surface area contributed by atoms with Gasteiger partial charge in [0.25, 0.3) is 0 Å². The van der Waals surface area contributed by atoms with Gasteiger partial charge in [-0.05, 0) is 30.2 Å². The standard InChI is InChI=1S/C19H24ClN3O/c1-13(2)14-5-7-15(8-6-14)19(24,18(3)11-23(4)12-18)16-9-17(20)22-21-10-16/h5-10,13,24H,11-12H2,1-4H3. The van der Waals surface area contributed by atoms with Crippen molar-refractivity contribution in [3.63, 3.8) is 0 Å². The van der Waals surface area contributed by atoms with Gasteiger partial charge in [-0.2, -0.15) is 5.10 Å². The van der Waals surface area contributed by atoms with Crippen LogP contribution in [-0.4, -0.2) is 40.3 Å². The first-order chi connectivity index (χ1) is 11.3. The topological polar surface area (TPSA) is 49.3 Å². The van der Waals surface area contributed by atoms with Gasteiger partial charge in [-0.25, -0.2) is 0 Å². The summed E-state index contributed by atoms with van der Waals surface area (Å²) in [5, 5.41) is 19.9. The van der Waals surface area contributed by atoms with Gasteiger partial charge in [0.1, 0.15) is 5.60 Å². The molecule has 1 atom stereocenters. The average Bonchev–Trinajstić information content (AvgIpc) is 2.52. The van der Waals surface area contributed by atoms with Gasteiger partial charge >= 0.3 is 0 Å². The molecule has 128 valence electrons. The number of aliphatic hydroxyl groups is 1. The second kappa shape index (κ2) is 6.10. The zero-order chi connectivity index (χ0) is 17.5. The Morgan fingerprint density at radius 2 is 1.83 bits per heavy atom. The van der Waals surface area contributed by atoms with Crippen LogP contribution in [0.15, 0.2) is 36.5 Å². The predicted octanol–water partition coefficient (Wildman–Crippen LogP) is 3.44. The van der Waals surface area contributed by atoms with Gasteiger partial charge < -0.3 is 10.0 Å². The van der Waals surface area contributed by atoms with E-state index in [4.69, 9.17) is 11.6 Å². The number of benzene rings is 1. The first-order valence-corrected chi connectivity index (χ1v) is 8.64. The van der Waals surface area contributed by atoms with Crippen LogP contribution < -0.4 is 0 Å². The lowest BCUT2D eigenvalue weighted by Crippen LogP contribution is -2.63. The normalized spacial score (nSPS) is 19.8. The summed E-state index contributed by atoms with van der Waals surface area (Å²) in [6, 6.07) is 9.94. The van der Waals surface area contributed by atoms with Crippen molar-refractivity contribution in [1.29, 1.82) is 0 Å². The molecule has 5 heteroatoms. The fourth-order valence-corrected chi connectivity index (χ4v) is 4.05. The van der Waals surface area contributed by atoms with Crippen molar-refractivity contribution in [3.8, 4) is 0 Å². The predicted molar refractivity (Wildman–Crippen MR) is 96.2 cm³/mol. The number of halogens is 1. The van der Waals surface area contributed by atoms with Crippen molar-refractivity contribution in [2.75, 3.05) is 20.1 Å². The molecule has 4 nitrogen and oxygen atoms in total. The minimum absolute atomic E-state index is 0.293. The fraction of sp³-hybridized carbons (Fsp3) is 0.474. The molecule has 3 rings (SSSR count). The molecule has 0 radical (unpaired) electrons. The first kappa shape index (κ1) is 17.3. The molecular weight excluding hydrogens is 322 g/mol. The smallest absolute Gasteiger partial charge is 0.152 e. The van der Waals surface area contributed by atoms with Crippen LogP contribution >= 0.6 is 11.6 Å². The molecular formula is C19H24ClN3O. The van der Waals surface area contributed by atoms with Gasteiger partial charge in [0.05, 0.1) is 6.20 Å². The molecule has 1 saturated heterocycles. The second-order valence-electron chi connectivity index (χ2n) is 7.49. The summed E-state index contributed by atoms with van der Waals surface area (Å²) < 4.78 is 0. The van der Waals surface area contributed by atoms with Gasteiger partial charge in [0.2, 0.25) is 0 Å². The molecule has 1 aliphatic rings. The molecule has 1 N–H and O–H groups in total. The molecule has 0 spiro atoms. The van der Waals surface area contributed by atoms with E-state index in [1.54, 1.807) is 12.3 Å². The molecule has 24 heavy (non-hydrogen) atoms. The lowest BCUT2D eigenvalue weighted by atomic mass is 9.62. The monoisotopic (exact) mass is 345 g/mol. The highest BCUT2D eigenvalue weighted by Crippen LogP contribution is 2.50. The zero-order valence-electron chi connectivity index (χ0n) is 14.6. The van der Waals surface area contributed by atoms with Crippen LogP contribution in [0.1, 0.15) is 43.4 Å². The molecule has 1 aliphatic heterocycles. The fourth-order valence-electron chi connectivity index (χ4n) is 3.89. The Kier molecular flexibility index (Phi) is 4.41. The van der Waals surface area contributed by atoms with Crippen LogP contribution in [0.4, 0.5) is 0 Å². The molecule has 0 amide bonds. The minimum Gasteiger partial charge on any atom is -0.380 e. The average molecular weight is 346 g/mol. The number of hydrogen-bond acceptors (Lipinski definition) is 4. The van der Waals surface area contributed by atoms with E-state index in [1.807, 2.05) is 12.1 Å². The van der Waals surface area contributed by atoms with E-state index in [0.717, 1.165) is 18.7 Å². The highest BCUT2D eigenvalue weighted by Gasteiger charge is 2.55. The van der Waals surface area contributed by atoms with E-state index in [9.17, 15) is 5.11 Å². The molecule has 1 fully saturated rings. The van der Waals surface area contributed by atoms with Gasteiger partial charge in [-0.1, -0.05) is 56.6 Å². The third-order valence-corrected chi connectivity index (χ3v) is 5.33. The molecule has 1 aromatic heterocycles. The van der Waals surface area contributed by atoms with E-state index < -0.39 is 5.60 Å². The number of aromatic nitrogens is 2. The van der Waals surface area contributed by atoms with E-state index in [2.05, 4.69) is 55.0 Å². The molecule has 0 bridgehead atoms. The summed E-state index contributed by atoms with van der Waals surface area (Å²) in [5.74, 6) is 0.453.